The van der Waals surface area contributed by atoms with Crippen molar-refractivity contribution >= 4 is 23.6 Å². The van der Waals surface area contributed by atoms with Gasteiger partial charge in [-0.2, -0.15) is 0 Å². The molecule has 1 aliphatic carbocycles. The first-order chi connectivity index (χ1) is 14.1. The van der Waals surface area contributed by atoms with Crippen LogP contribution in [0.1, 0.15) is 69.9 Å². The normalized spacial score (nSPS) is 25.2. The lowest BCUT2D eigenvalue weighted by Crippen LogP contribution is -2.44. The molecule has 0 unspecified atom stereocenters. The number of esters is 1. The fourth-order valence-electron chi connectivity index (χ4n) is 4.62. The zero-order chi connectivity index (χ0) is 20.6. The zero-order valence-electron chi connectivity index (χ0n) is 17.4. The molecule has 29 heavy (non-hydrogen) atoms. The van der Waals surface area contributed by atoms with Gasteiger partial charge >= 0.3 is 12.0 Å². The molecule has 0 spiro atoms. The van der Waals surface area contributed by atoms with E-state index in [9.17, 15) is 9.59 Å². The van der Waals surface area contributed by atoms with Crippen molar-refractivity contribution in [2.75, 3.05) is 19.7 Å². The Kier molecular flexibility index (Phi) is 8.22. The highest BCUT2D eigenvalue weighted by Crippen LogP contribution is 2.34. The quantitative estimate of drug-likeness (QED) is 0.654. The standard InChI is InChI=1S/C23H33ClN2O3/c1-2-29-22(27)18-13-11-17(12-14-18)16-25-23(28)26-15-7-3-4-10-21(26)19-8-5-6-9-20(19)24/h5-6,8-9,17-18,21H,2-4,7,10-16H2,1H3,(H,25,28)/t17?,18?,21-/m1/s1. The molecule has 0 radical (unpaired) electrons. The van der Waals surface area contributed by atoms with Crippen LogP contribution in [0.3, 0.4) is 0 Å². The third-order valence-corrected chi connectivity index (χ3v) is 6.63. The molecule has 2 aliphatic rings. The van der Waals surface area contributed by atoms with Gasteiger partial charge in [-0.15, -0.1) is 0 Å². The molecule has 1 aromatic carbocycles. The van der Waals surface area contributed by atoms with Crippen molar-refractivity contribution in [3.8, 4) is 0 Å². The molecule has 3 rings (SSSR count). The lowest BCUT2D eigenvalue weighted by molar-refractivity contribution is -0.149. The summed E-state index contributed by atoms with van der Waals surface area (Å²) in [5.74, 6) is 0.384. The summed E-state index contributed by atoms with van der Waals surface area (Å²) in [6.45, 7) is 3.71. The van der Waals surface area contributed by atoms with E-state index in [2.05, 4.69) is 5.32 Å². The lowest BCUT2D eigenvalue weighted by Gasteiger charge is -2.32. The van der Waals surface area contributed by atoms with Gasteiger partial charge in [-0.05, 0) is 63.0 Å². The summed E-state index contributed by atoms with van der Waals surface area (Å²) in [7, 11) is 0. The molecule has 1 saturated carbocycles. The molecule has 1 aromatic rings. The van der Waals surface area contributed by atoms with Gasteiger partial charge in [-0.3, -0.25) is 4.79 Å². The van der Waals surface area contributed by atoms with Gasteiger partial charge in [-0.1, -0.05) is 42.6 Å². The second kappa shape index (κ2) is 10.9. The van der Waals surface area contributed by atoms with Gasteiger partial charge in [0.15, 0.2) is 0 Å². The summed E-state index contributed by atoms with van der Waals surface area (Å²) in [5, 5.41) is 3.90. The van der Waals surface area contributed by atoms with Gasteiger partial charge in [0.1, 0.15) is 0 Å². The Labute approximate surface area is 179 Å². The van der Waals surface area contributed by atoms with Crippen molar-refractivity contribution in [2.24, 2.45) is 11.8 Å². The summed E-state index contributed by atoms with van der Waals surface area (Å²) < 4.78 is 5.14. The van der Waals surface area contributed by atoms with Crippen LogP contribution >= 0.6 is 11.6 Å². The van der Waals surface area contributed by atoms with Crippen LogP contribution in [0.15, 0.2) is 24.3 Å². The molecule has 1 aliphatic heterocycles. The number of nitrogens with one attached hydrogen (secondary N) is 1. The van der Waals surface area contributed by atoms with E-state index in [-0.39, 0.29) is 24.0 Å². The van der Waals surface area contributed by atoms with Crippen molar-refractivity contribution in [2.45, 2.75) is 64.3 Å². The van der Waals surface area contributed by atoms with Crippen LogP contribution in [0, 0.1) is 11.8 Å². The first-order valence-corrected chi connectivity index (χ1v) is 11.4. The fourth-order valence-corrected chi connectivity index (χ4v) is 4.88. The summed E-state index contributed by atoms with van der Waals surface area (Å²) in [5.41, 5.74) is 1.04. The van der Waals surface area contributed by atoms with E-state index in [1.54, 1.807) is 0 Å². The number of benzene rings is 1. The Morgan fingerprint density at radius 2 is 1.86 bits per heavy atom. The van der Waals surface area contributed by atoms with Crippen LogP contribution in [0.5, 0.6) is 0 Å². The van der Waals surface area contributed by atoms with Gasteiger partial charge in [0.05, 0.1) is 18.6 Å². The van der Waals surface area contributed by atoms with E-state index >= 15 is 0 Å². The maximum Gasteiger partial charge on any atom is 0.317 e. The number of hydrogen-bond acceptors (Lipinski definition) is 3. The number of nitrogens with zero attached hydrogens (tertiary/aromatic N) is 1. The Balaban J connectivity index is 1.55. The van der Waals surface area contributed by atoms with Gasteiger partial charge < -0.3 is 15.0 Å². The second-order valence-electron chi connectivity index (χ2n) is 8.24. The molecule has 1 atom stereocenters. The molecule has 1 N–H and O–H groups in total. The lowest BCUT2D eigenvalue weighted by atomic mass is 9.82. The van der Waals surface area contributed by atoms with Crippen LogP contribution in [0.25, 0.3) is 0 Å². The monoisotopic (exact) mass is 420 g/mol. The van der Waals surface area contributed by atoms with Crippen LogP contribution < -0.4 is 5.32 Å². The highest BCUT2D eigenvalue weighted by Gasteiger charge is 2.30. The smallest absolute Gasteiger partial charge is 0.317 e. The van der Waals surface area contributed by atoms with Gasteiger partial charge in [0, 0.05) is 18.1 Å². The number of rotatable bonds is 5. The summed E-state index contributed by atoms with van der Waals surface area (Å²) in [6, 6.07) is 7.90. The number of carbonyl (C=O) groups is 2. The minimum absolute atomic E-state index is 0.00401. The number of carbonyl (C=O) groups excluding carboxylic acids is 2. The van der Waals surface area contributed by atoms with E-state index in [0.717, 1.165) is 68.5 Å². The van der Waals surface area contributed by atoms with Crippen LogP contribution in [-0.2, 0) is 9.53 Å². The van der Waals surface area contributed by atoms with Gasteiger partial charge in [0.2, 0.25) is 0 Å². The SMILES string of the molecule is CCOC(=O)C1CCC(CNC(=O)N2CCCCC[C@@H]2c2ccccc2Cl)CC1. The highest BCUT2D eigenvalue weighted by molar-refractivity contribution is 6.31. The van der Waals surface area contributed by atoms with Crippen molar-refractivity contribution < 1.29 is 14.3 Å². The van der Waals surface area contributed by atoms with Crippen molar-refractivity contribution in [3.05, 3.63) is 34.9 Å². The largest absolute Gasteiger partial charge is 0.466 e. The Morgan fingerprint density at radius 3 is 2.59 bits per heavy atom. The Bertz CT molecular complexity index is 688. The van der Waals surface area contributed by atoms with E-state index in [1.165, 1.54) is 0 Å². The number of urea groups is 1. The molecule has 160 valence electrons. The molecule has 2 fully saturated rings. The van der Waals surface area contributed by atoms with Gasteiger partial charge in [-0.25, -0.2) is 4.79 Å². The Morgan fingerprint density at radius 1 is 1.10 bits per heavy atom. The molecular weight excluding hydrogens is 388 g/mol. The minimum Gasteiger partial charge on any atom is -0.466 e. The molecule has 0 aromatic heterocycles. The molecule has 6 heteroatoms. The average Bonchev–Trinajstić information content (AvgIpc) is 2.99. The first-order valence-electron chi connectivity index (χ1n) is 11.1. The maximum absolute atomic E-state index is 13.0. The number of hydrogen-bond donors (Lipinski definition) is 1. The number of halogens is 1. The van der Waals surface area contributed by atoms with Gasteiger partial charge in [0.25, 0.3) is 0 Å². The number of likely N-dealkylation sites (tertiary alicyclic amines) is 1. The van der Waals surface area contributed by atoms with Crippen molar-refractivity contribution in [1.82, 2.24) is 10.2 Å². The Hall–Kier alpha value is -1.75. The van der Waals surface area contributed by atoms with E-state index in [4.69, 9.17) is 16.3 Å². The molecule has 0 bridgehead atoms. The van der Waals surface area contributed by atoms with Crippen molar-refractivity contribution in [1.29, 1.82) is 0 Å². The number of ether oxygens (including phenoxy) is 1. The third-order valence-electron chi connectivity index (χ3n) is 6.29. The highest BCUT2D eigenvalue weighted by atomic mass is 35.5. The first kappa shape index (κ1) is 21.9. The fraction of sp³-hybridized carbons (Fsp3) is 0.652. The predicted molar refractivity (Wildman–Crippen MR) is 115 cm³/mol. The van der Waals surface area contributed by atoms with E-state index in [0.29, 0.717) is 19.1 Å². The van der Waals surface area contributed by atoms with E-state index in [1.807, 2.05) is 36.1 Å². The minimum atomic E-state index is -0.0675. The predicted octanol–water partition coefficient (Wildman–Crippen LogP) is 5.34. The second-order valence-corrected chi connectivity index (χ2v) is 8.64. The summed E-state index contributed by atoms with van der Waals surface area (Å²) >= 11 is 6.45. The molecule has 5 nitrogen and oxygen atoms in total. The molecular formula is C23H33ClN2O3. The summed E-state index contributed by atoms with van der Waals surface area (Å²) in [6.07, 6.45) is 7.84. The maximum atomic E-state index is 13.0. The number of amides is 2. The topological polar surface area (TPSA) is 58.6 Å². The third kappa shape index (κ3) is 5.88. The molecule has 1 saturated heterocycles. The van der Waals surface area contributed by atoms with Crippen molar-refractivity contribution in [3.63, 3.8) is 0 Å². The van der Waals surface area contributed by atoms with E-state index < -0.39 is 0 Å². The molecule has 1 heterocycles. The molecule has 2 amide bonds. The average molecular weight is 421 g/mol. The zero-order valence-corrected chi connectivity index (χ0v) is 18.1. The van der Waals surface area contributed by atoms with Crippen LogP contribution in [0.2, 0.25) is 5.02 Å². The summed E-state index contributed by atoms with van der Waals surface area (Å²) in [4.78, 5) is 26.9. The van der Waals surface area contributed by atoms with Crippen LogP contribution in [-0.4, -0.2) is 36.6 Å². The van der Waals surface area contributed by atoms with Crippen LogP contribution in [0.4, 0.5) is 4.79 Å².